The molecule has 0 saturated carbocycles. The maximum Gasteiger partial charge on any atom is 0.145 e. The summed E-state index contributed by atoms with van der Waals surface area (Å²) < 4.78 is 10.8. The molecule has 2 aliphatic rings. The van der Waals surface area contributed by atoms with Gasteiger partial charge in [0.05, 0.1) is 26.0 Å². The average molecular weight is 263 g/mol. The van der Waals surface area contributed by atoms with Crippen molar-refractivity contribution in [2.24, 2.45) is 0 Å². The molecular weight excluding hydrogens is 242 g/mol. The van der Waals surface area contributed by atoms with E-state index in [2.05, 4.69) is 11.0 Å². The van der Waals surface area contributed by atoms with E-state index in [-0.39, 0.29) is 6.10 Å². The molecule has 104 valence electrons. The number of methoxy groups -OCH3 is 2. The number of fused-ring (bicyclic) bond motifs is 2. The van der Waals surface area contributed by atoms with Crippen molar-refractivity contribution in [3.63, 3.8) is 0 Å². The van der Waals surface area contributed by atoms with E-state index >= 15 is 0 Å². The number of hydrogen-bond acceptors (Lipinski definition) is 4. The zero-order valence-corrected chi connectivity index (χ0v) is 11.5. The van der Waals surface area contributed by atoms with Gasteiger partial charge in [0, 0.05) is 18.2 Å². The summed E-state index contributed by atoms with van der Waals surface area (Å²) in [6.45, 7) is 0. The van der Waals surface area contributed by atoms with Gasteiger partial charge in [-0.1, -0.05) is 0 Å². The Morgan fingerprint density at radius 3 is 2.37 bits per heavy atom. The summed E-state index contributed by atoms with van der Waals surface area (Å²) in [4.78, 5) is 2.44. The highest BCUT2D eigenvalue weighted by Crippen LogP contribution is 2.43. The Morgan fingerprint density at radius 2 is 1.79 bits per heavy atom. The SMILES string of the molecule is COc1ccc(N2C3CCC2CC(O)C3)c(OC)c1. The summed E-state index contributed by atoms with van der Waals surface area (Å²) in [6.07, 6.45) is 3.92. The lowest BCUT2D eigenvalue weighted by Gasteiger charge is -2.39. The molecule has 0 aromatic heterocycles. The minimum atomic E-state index is -0.141. The molecule has 1 aromatic carbocycles. The Kier molecular flexibility index (Phi) is 3.27. The van der Waals surface area contributed by atoms with Crippen LogP contribution < -0.4 is 14.4 Å². The monoisotopic (exact) mass is 263 g/mol. The molecule has 4 nitrogen and oxygen atoms in total. The van der Waals surface area contributed by atoms with Gasteiger partial charge in [0.1, 0.15) is 11.5 Å². The van der Waals surface area contributed by atoms with Gasteiger partial charge in [0.2, 0.25) is 0 Å². The van der Waals surface area contributed by atoms with Crippen LogP contribution in [-0.4, -0.2) is 37.5 Å². The molecule has 0 radical (unpaired) electrons. The first-order chi connectivity index (χ1) is 9.22. The van der Waals surface area contributed by atoms with E-state index in [0.29, 0.717) is 12.1 Å². The smallest absolute Gasteiger partial charge is 0.145 e. The topological polar surface area (TPSA) is 41.9 Å². The summed E-state index contributed by atoms with van der Waals surface area (Å²) in [5.41, 5.74) is 1.13. The lowest BCUT2D eigenvalue weighted by Crippen LogP contribution is -2.44. The van der Waals surface area contributed by atoms with Crippen LogP contribution in [0.25, 0.3) is 0 Å². The number of aliphatic hydroxyl groups excluding tert-OH is 1. The van der Waals surface area contributed by atoms with E-state index < -0.39 is 0 Å². The van der Waals surface area contributed by atoms with Gasteiger partial charge in [-0.05, 0) is 37.8 Å². The molecule has 4 heteroatoms. The van der Waals surface area contributed by atoms with Crippen molar-refractivity contribution in [2.45, 2.75) is 43.9 Å². The molecule has 0 aliphatic carbocycles. The third-order valence-electron chi connectivity index (χ3n) is 4.37. The summed E-state index contributed by atoms with van der Waals surface area (Å²) in [5.74, 6) is 1.66. The number of nitrogens with zero attached hydrogens (tertiary/aromatic N) is 1. The fourth-order valence-electron chi connectivity index (χ4n) is 3.54. The average Bonchev–Trinajstić information content (AvgIpc) is 2.69. The lowest BCUT2D eigenvalue weighted by molar-refractivity contribution is 0.126. The summed E-state index contributed by atoms with van der Waals surface area (Å²) in [7, 11) is 3.36. The number of aliphatic hydroxyl groups is 1. The van der Waals surface area contributed by atoms with Crippen molar-refractivity contribution < 1.29 is 14.6 Å². The van der Waals surface area contributed by atoms with Crippen molar-refractivity contribution in [3.8, 4) is 11.5 Å². The summed E-state index contributed by atoms with van der Waals surface area (Å²) in [5, 5.41) is 9.89. The maximum atomic E-state index is 9.89. The van der Waals surface area contributed by atoms with E-state index in [1.165, 1.54) is 0 Å². The molecule has 1 N–H and O–H groups in total. The molecule has 1 aromatic rings. The van der Waals surface area contributed by atoms with Crippen LogP contribution in [0, 0.1) is 0 Å². The molecule has 2 atom stereocenters. The van der Waals surface area contributed by atoms with Crippen molar-refractivity contribution in [3.05, 3.63) is 18.2 Å². The second-order valence-corrected chi connectivity index (χ2v) is 5.46. The first kappa shape index (κ1) is 12.6. The van der Waals surface area contributed by atoms with Crippen molar-refractivity contribution in [2.75, 3.05) is 19.1 Å². The number of benzene rings is 1. The third kappa shape index (κ3) is 2.14. The van der Waals surface area contributed by atoms with Crippen LogP contribution in [0.1, 0.15) is 25.7 Å². The molecule has 2 bridgehead atoms. The molecule has 2 saturated heterocycles. The summed E-state index contributed by atoms with van der Waals surface area (Å²) >= 11 is 0. The van der Waals surface area contributed by atoms with Gasteiger partial charge in [-0.2, -0.15) is 0 Å². The Bertz CT molecular complexity index is 449. The van der Waals surface area contributed by atoms with Crippen LogP contribution in [0.3, 0.4) is 0 Å². The van der Waals surface area contributed by atoms with E-state index in [4.69, 9.17) is 9.47 Å². The standard InChI is InChI=1S/C15H21NO3/c1-18-13-5-6-14(15(9-13)19-2)16-10-3-4-11(16)8-12(17)7-10/h5-6,9-12,17H,3-4,7-8H2,1-2H3. The number of rotatable bonds is 3. The minimum Gasteiger partial charge on any atom is -0.497 e. The van der Waals surface area contributed by atoms with Crippen LogP contribution >= 0.6 is 0 Å². The van der Waals surface area contributed by atoms with Gasteiger partial charge in [-0.3, -0.25) is 0 Å². The van der Waals surface area contributed by atoms with Crippen molar-refractivity contribution in [1.29, 1.82) is 0 Å². The highest BCUT2D eigenvalue weighted by atomic mass is 16.5. The van der Waals surface area contributed by atoms with Gasteiger partial charge < -0.3 is 19.5 Å². The van der Waals surface area contributed by atoms with Gasteiger partial charge in [0.15, 0.2) is 0 Å². The van der Waals surface area contributed by atoms with Crippen molar-refractivity contribution in [1.82, 2.24) is 0 Å². The molecule has 0 spiro atoms. The molecule has 3 rings (SSSR count). The predicted molar refractivity (Wildman–Crippen MR) is 74.1 cm³/mol. The van der Waals surface area contributed by atoms with Crippen LogP contribution in [0.5, 0.6) is 11.5 Å². The fourth-order valence-corrected chi connectivity index (χ4v) is 3.54. The first-order valence-electron chi connectivity index (χ1n) is 6.91. The third-order valence-corrected chi connectivity index (χ3v) is 4.37. The highest BCUT2D eigenvalue weighted by Gasteiger charge is 2.41. The zero-order chi connectivity index (χ0) is 13.4. The first-order valence-corrected chi connectivity index (χ1v) is 6.91. The molecule has 0 amide bonds. The zero-order valence-electron chi connectivity index (χ0n) is 11.5. The van der Waals surface area contributed by atoms with E-state index in [0.717, 1.165) is 42.9 Å². The molecule has 2 fully saturated rings. The van der Waals surface area contributed by atoms with Gasteiger partial charge in [-0.15, -0.1) is 0 Å². The van der Waals surface area contributed by atoms with Crippen LogP contribution in [-0.2, 0) is 0 Å². The lowest BCUT2D eigenvalue weighted by atomic mass is 9.99. The van der Waals surface area contributed by atoms with Gasteiger partial charge in [0.25, 0.3) is 0 Å². The number of anilines is 1. The molecule has 2 unspecified atom stereocenters. The van der Waals surface area contributed by atoms with Crippen LogP contribution in [0.4, 0.5) is 5.69 Å². The molecular formula is C15H21NO3. The largest absolute Gasteiger partial charge is 0.497 e. The van der Waals surface area contributed by atoms with Crippen molar-refractivity contribution >= 4 is 5.69 Å². The fraction of sp³-hybridized carbons (Fsp3) is 0.600. The highest BCUT2D eigenvalue weighted by molar-refractivity contribution is 5.63. The second kappa shape index (κ2) is 4.93. The minimum absolute atomic E-state index is 0.141. The Morgan fingerprint density at radius 1 is 1.11 bits per heavy atom. The van der Waals surface area contributed by atoms with E-state index in [1.807, 2.05) is 12.1 Å². The Hall–Kier alpha value is -1.42. The Balaban J connectivity index is 1.94. The van der Waals surface area contributed by atoms with Gasteiger partial charge >= 0.3 is 0 Å². The molecule has 19 heavy (non-hydrogen) atoms. The van der Waals surface area contributed by atoms with Crippen LogP contribution in [0.15, 0.2) is 18.2 Å². The number of hydrogen-bond donors (Lipinski definition) is 1. The quantitative estimate of drug-likeness (QED) is 0.907. The maximum absolute atomic E-state index is 9.89. The summed E-state index contributed by atoms with van der Waals surface area (Å²) in [6, 6.07) is 6.86. The molecule has 2 heterocycles. The predicted octanol–water partition coefficient (Wildman–Crippen LogP) is 2.20. The number of piperidine rings is 1. The van der Waals surface area contributed by atoms with E-state index in [1.54, 1.807) is 14.2 Å². The van der Waals surface area contributed by atoms with E-state index in [9.17, 15) is 5.11 Å². The normalized spacial score (nSPS) is 29.4. The molecule has 2 aliphatic heterocycles. The Labute approximate surface area is 113 Å². The second-order valence-electron chi connectivity index (χ2n) is 5.46. The van der Waals surface area contributed by atoms with Crippen LogP contribution in [0.2, 0.25) is 0 Å². The number of ether oxygens (including phenoxy) is 2. The van der Waals surface area contributed by atoms with Gasteiger partial charge in [-0.25, -0.2) is 0 Å².